The quantitative estimate of drug-likeness (QED) is 0.754. The molecule has 14 heavy (non-hydrogen) atoms. The normalized spacial score (nSPS) is 11.0. The van der Waals surface area contributed by atoms with Crippen LogP contribution in [0.3, 0.4) is 0 Å². The molecule has 0 spiro atoms. The van der Waals surface area contributed by atoms with Crippen molar-refractivity contribution in [3.05, 3.63) is 33.9 Å². The highest BCUT2D eigenvalue weighted by Crippen LogP contribution is 2.06. The summed E-state index contributed by atoms with van der Waals surface area (Å²) >= 11 is 0. The molecule has 5 heteroatoms. The lowest BCUT2D eigenvalue weighted by atomic mass is 10.3. The predicted octanol–water partition coefficient (Wildman–Crippen LogP) is 0.477. The Balaban J connectivity index is 2.75. The Bertz CT molecular complexity index is 512. The van der Waals surface area contributed by atoms with Crippen LogP contribution in [0.1, 0.15) is 11.3 Å². The Hall–Kier alpha value is -1.62. The van der Waals surface area contributed by atoms with Gasteiger partial charge in [0.15, 0.2) is 0 Å². The van der Waals surface area contributed by atoms with Crippen LogP contribution in [-0.4, -0.2) is 21.7 Å². The second-order valence-electron chi connectivity index (χ2n) is 3.15. The molecule has 2 aromatic heterocycles. The summed E-state index contributed by atoms with van der Waals surface area (Å²) in [5, 5.41) is 4.14. The molecule has 0 aliphatic heterocycles. The van der Waals surface area contributed by atoms with Crippen molar-refractivity contribution in [2.45, 2.75) is 13.5 Å². The van der Waals surface area contributed by atoms with E-state index in [1.54, 1.807) is 17.8 Å². The zero-order chi connectivity index (χ0) is 10.1. The van der Waals surface area contributed by atoms with E-state index in [0.717, 1.165) is 16.9 Å². The van der Waals surface area contributed by atoms with Crippen molar-refractivity contribution < 1.29 is 4.74 Å². The fourth-order valence-corrected chi connectivity index (χ4v) is 1.42. The highest BCUT2D eigenvalue weighted by Gasteiger charge is 2.05. The van der Waals surface area contributed by atoms with Crippen molar-refractivity contribution >= 4 is 5.65 Å². The van der Waals surface area contributed by atoms with Gasteiger partial charge in [0.05, 0.1) is 18.5 Å². The van der Waals surface area contributed by atoms with Gasteiger partial charge in [-0.3, -0.25) is 4.79 Å². The van der Waals surface area contributed by atoms with Crippen LogP contribution in [0, 0.1) is 6.92 Å². The molecule has 0 aliphatic rings. The Morgan fingerprint density at radius 2 is 2.43 bits per heavy atom. The van der Waals surface area contributed by atoms with Crippen molar-refractivity contribution in [3.8, 4) is 0 Å². The molecule has 0 aliphatic carbocycles. The zero-order valence-corrected chi connectivity index (χ0v) is 8.07. The first-order chi connectivity index (χ1) is 6.72. The van der Waals surface area contributed by atoms with E-state index in [9.17, 15) is 4.79 Å². The van der Waals surface area contributed by atoms with E-state index in [1.807, 2.05) is 6.92 Å². The van der Waals surface area contributed by atoms with Crippen LogP contribution in [0.15, 0.2) is 17.1 Å². The summed E-state index contributed by atoms with van der Waals surface area (Å²) in [7, 11) is 1.59. The van der Waals surface area contributed by atoms with E-state index in [1.165, 1.54) is 6.07 Å². The summed E-state index contributed by atoms with van der Waals surface area (Å²) in [6.45, 7) is 2.27. The molecule has 0 unspecified atom stereocenters. The average Bonchev–Trinajstić information content (AvgIpc) is 2.49. The van der Waals surface area contributed by atoms with Crippen LogP contribution >= 0.6 is 0 Å². The van der Waals surface area contributed by atoms with Gasteiger partial charge in [0.25, 0.3) is 5.56 Å². The summed E-state index contributed by atoms with van der Waals surface area (Å²) in [5.41, 5.74) is 2.29. The van der Waals surface area contributed by atoms with Gasteiger partial charge in [0, 0.05) is 18.7 Å². The maximum Gasteiger partial charge on any atom is 0.251 e. The number of aryl methyl sites for hydroxylation is 1. The SMILES string of the molecule is COCc1cc(=O)[nH]c2c(C)cnn12. The fraction of sp³-hybridized carbons (Fsp3) is 0.333. The zero-order valence-electron chi connectivity index (χ0n) is 8.07. The number of aromatic nitrogens is 3. The lowest BCUT2D eigenvalue weighted by Gasteiger charge is -2.02. The van der Waals surface area contributed by atoms with Crippen molar-refractivity contribution in [1.82, 2.24) is 14.6 Å². The second-order valence-corrected chi connectivity index (χ2v) is 3.15. The maximum absolute atomic E-state index is 11.3. The molecule has 74 valence electrons. The molecule has 2 heterocycles. The van der Waals surface area contributed by atoms with Crippen LogP contribution in [0.25, 0.3) is 5.65 Å². The fourth-order valence-electron chi connectivity index (χ4n) is 1.42. The minimum atomic E-state index is -0.131. The highest BCUT2D eigenvalue weighted by atomic mass is 16.5. The van der Waals surface area contributed by atoms with E-state index in [4.69, 9.17) is 4.74 Å². The molecule has 2 aromatic rings. The number of rotatable bonds is 2. The topological polar surface area (TPSA) is 59.4 Å². The number of aromatic amines is 1. The molecule has 0 amide bonds. The van der Waals surface area contributed by atoms with Gasteiger partial charge in [-0.15, -0.1) is 0 Å². The van der Waals surface area contributed by atoms with E-state index >= 15 is 0 Å². The molecule has 0 radical (unpaired) electrons. The third-order valence-corrected chi connectivity index (χ3v) is 2.06. The minimum absolute atomic E-state index is 0.131. The lowest BCUT2D eigenvalue weighted by molar-refractivity contribution is 0.179. The number of ether oxygens (including phenoxy) is 1. The van der Waals surface area contributed by atoms with E-state index < -0.39 is 0 Å². The third-order valence-electron chi connectivity index (χ3n) is 2.06. The van der Waals surface area contributed by atoms with Gasteiger partial charge in [-0.05, 0) is 6.92 Å². The summed E-state index contributed by atoms with van der Waals surface area (Å²) in [4.78, 5) is 14.0. The number of nitrogens with one attached hydrogen (secondary N) is 1. The Morgan fingerprint density at radius 3 is 3.14 bits per heavy atom. The molecule has 0 aromatic carbocycles. The Morgan fingerprint density at radius 1 is 1.64 bits per heavy atom. The number of fused-ring (bicyclic) bond motifs is 1. The van der Waals surface area contributed by atoms with Crippen molar-refractivity contribution in [1.29, 1.82) is 0 Å². The molecule has 5 nitrogen and oxygen atoms in total. The molecule has 0 fully saturated rings. The van der Waals surface area contributed by atoms with Gasteiger partial charge in [0.2, 0.25) is 0 Å². The molecule has 0 saturated heterocycles. The van der Waals surface area contributed by atoms with E-state index in [0.29, 0.717) is 6.61 Å². The van der Waals surface area contributed by atoms with Crippen LogP contribution < -0.4 is 5.56 Å². The smallest absolute Gasteiger partial charge is 0.251 e. The molecule has 0 bridgehead atoms. The van der Waals surface area contributed by atoms with Gasteiger partial charge in [-0.25, -0.2) is 4.52 Å². The van der Waals surface area contributed by atoms with Crippen LogP contribution in [0.4, 0.5) is 0 Å². The number of hydrogen-bond donors (Lipinski definition) is 1. The van der Waals surface area contributed by atoms with E-state index in [2.05, 4.69) is 10.1 Å². The van der Waals surface area contributed by atoms with E-state index in [-0.39, 0.29) is 5.56 Å². The number of hydrogen-bond acceptors (Lipinski definition) is 3. The summed E-state index contributed by atoms with van der Waals surface area (Å²) < 4.78 is 6.67. The van der Waals surface area contributed by atoms with Crippen molar-refractivity contribution in [3.63, 3.8) is 0 Å². The number of nitrogens with zero attached hydrogens (tertiary/aromatic N) is 2. The number of methoxy groups -OCH3 is 1. The van der Waals surface area contributed by atoms with Gasteiger partial charge in [-0.1, -0.05) is 0 Å². The minimum Gasteiger partial charge on any atom is -0.378 e. The van der Waals surface area contributed by atoms with Crippen LogP contribution in [0.2, 0.25) is 0 Å². The lowest BCUT2D eigenvalue weighted by Crippen LogP contribution is -2.12. The molecular weight excluding hydrogens is 182 g/mol. The molecule has 2 rings (SSSR count). The van der Waals surface area contributed by atoms with Crippen LogP contribution in [-0.2, 0) is 11.3 Å². The molecule has 1 N–H and O–H groups in total. The van der Waals surface area contributed by atoms with Crippen molar-refractivity contribution in [2.75, 3.05) is 7.11 Å². The van der Waals surface area contributed by atoms with Crippen LogP contribution in [0.5, 0.6) is 0 Å². The molecule has 0 atom stereocenters. The first-order valence-corrected chi connectivity index (χ1v) is 4.28. The molecular formula is C9H11N3O2. The standard InChI is InChI=1S/C9H11N3O2/c1-6-4-10-12-7(5-14-2)3-8(13)11-9(6)12/h3-4H,5H2,1-2H3,(H,11,13). The largest absolute Gasteiger partial charge is 0.378 e. The van der Waals surface area contributed by atoms with Gasteiger partial charge in [-0.2, -0.15) is 5.10 Å². The second kappa shape index (κ2) is 3.26. The van der Waals surface area contributed by atoms with Gasteiger partial charge >= 0.3 is 0 Å². The summed E-state index contributed by atoms with van der Waals surface area (Å²) in [6, 6.07) is 1.49. The average molecular weight is 193 g/mol. The summed E-state index contributed by atoms with van der Waals surface area (Å²) in [6.07, 6.45) is 1.71. The third kappa shape index (κ3) is 1.31. The Labute approximate surface area is 80.3 Å². The Kier molecular flexibility index (Phi) is 2.09. The number of H-pyrrole nitrogens is 1. The summed E-state index contributed by atoms with van der Waals surface area (Å²) in [5.74, 6) is 0. The maximum atomic E-state index is 11.3. The predicted molar refractivity (Wildman–Crippen MR) is 51.3 cm³/mol. The highest BCUT2D eigenvalue weighted by molar-refractivity contribution is 5.45. The first kappa shape index (κ1) is 8.96. The van der Waals surface area contributed by atoms with Crippen molar-refractivity contribution in [2.24, 2.45) is 0 Å². The molecule has 0 saturated carbocycles. The van der Waals surface area contributed by atoms with Gasteiger partial charge in [0.1, 0.15) is 5.65 Å². The van der Waals surface area contributed by atoms with Gasteiger partial charge < -0.3 is 9.72 Å². The first-order valence-electron chi connectivity index (χ1n) is 4.28. The monoisotopic (exact) mass is 193 g/mol.